The lowest BCUT2D eigenvalue weighted by Gasteiger charge is -2.31. The third-order valence-electron chi connectivity index (χ3n) is 6.72. The molecule has 2 saturated heterocycles. The Kier molecular flexibility index (Phi) is 6.20. The fourth-order valence-electron chi connectivity index (χ4n) is 5.17. The largest absolute Gasteiger partial charge is 0.379 e. The van der Waals surface area contributed by atoms with E-state index < -0.39 is 0 Å². The normalized spacial score (nSPS) is 32.8. The number of morpholine rings is 1. The fourth-order valence-corrected chi connectivity index (χ4v) is 5.17. The summed E-state index contributed by atoms with van der Waals surface area (Å²) in [6, 6.07) is 0.346. The lowest BCUT2D eigenvalue weighted by atomic mass is 9.85. The zero-order valence-corrected chi connectivity index (χ0v) is 17.5. The number of allylic oxidation sites excluding steroid dienone is 2. The van der Waals surface area contributed by atoms with Crippen molar-refractivity contribution in [3.8, 4) is 0 Å². The summed E-state index contributed by atoms with van der Waals surface area (Å²) in [6.45, 7) is 10.0. The number of hydrogen-bond acceptors (Lipinski definition) is 5. The van der Waals surface area contributed by atoms with Gasteiger partial charge in [0.1, 0.15) is 0 Å². The molecule has 2 amide bonds. The number of aliphatic imine (C=N–C) groups is 1. The third-order valence-corrected chi connectivity index (χ3v) is 6.72. The van der Waals surface area contributed by atoms with E-state index in [4.69, 9.17) is 9.73 Å². The van der Waals surface area contributed by atoms with Crippen molar-refractivity contribution < 1.29 is 14.3 Å². The van der Waals surface area contributed by atoms with Crippen molar-refractivity contribution in [1.82, 2.24) is 20.4 Å². The van der Waals surface area contributed by atoms with Crippen molar-refractivity contribution in [3.63, 3.8) is 0 Å². The molecule has 8 nitrogen and oxygen atoms in total. The van der Waals surface area contributed by atoms with E-state index >= 15 is 0 Å². The Morgan fingerprint density at radius 2 is 1.83 bits per heavy atom. The van der Waals surface area contributed by atoms with Crippen LogP contribution in [0.15, 0.2) is 17.1 Å². The van der Waals surface area contributed by atoms with Crippen LogP contribution in [0.3, 0.4) is 0 Å². The van der Waals surface area contributed by atoms with Gasteiger partial charge in [-0.15, -0.1) is 0 Å². The molecule has 0 radical (unpaired) electrons. The number of fused-ring (bicyclic) bond motifs is 5. The van der Waals surface area contributed by atoms with Crippen LogP contribution in [0.5, 0.6) is 0 Å². The van der Waals surface area contributed by atoms with E-state index in [1.807, 2.05) is 6.92 Å². The summed E-state index contributed by atoms with van der Waals surface area (Å²) in [5.74, 6) is 1.05. The number of nitrogens with zero attached hydrogens (tertiary/aromatic N) is 3. The molecule has 5 unspecified atom stereocenters. The van der Waals surface area contributed by atoms with Crippen LogP contribution in [0.25, 0.3) is 0 Å². The van der Waals surface area contributed by atoms with Crippen LogP contribution in [-0.4, -0.2) is 86.1 Å². The second-order valence-electron chi connectivity index (χ2n) is 8.47. The number of nitrogens with one attached hydrogen (secondary N) is 2. The van der Waals surface area contributed by atoms with Gasteiger partial charge in [-0.1, -0.05) is 12.2 Å². The molecule has 1 saturated carbocycles. The summed E-state index contributed by atoms with van der Waals surface area (Å²) >= 11 is 0. The van der Waals surface area contributed by atoms with Gasteiger partial charge < -0.3 is 15.4 Å². The average Bonchev–Trinajstić information content (AvgIpc) is 3.42. The van der Waals surface area contributed by atoms with E-state index in [0.29, 0.717) is 25.7 Å². The van der Waals surface area contributed by atoms with Gasteiger partial charge in [0.25, 0.3) is 0 Å². The molecule has 8 heteroatoms. The highest BCUT2D eigenvalue weighted by atomic mass is 16.5. The molecule has 0 aromatic rings. The summed E-state index contributed by atoms with van der Waals surface area (Å²) in [5.41, 5.74) is 0. The van der Waals surface area contributed by atoms with Gasteiger partial charge in [0.15, 0.2) is 5.96 Å². The number of imide groups is 1. The molecule has 0 spiro atoms. The number of hydrogen-bond donors (Lipinski definition) is 2. The molecule has 2 aliphatic heterocycles. The van der Waals surface area contributed by atoms with Gasteiger partial charge in [-0.3, -0.25) is 24.4 Å². The van der Waals surface area contributed by atoms with E-state index in [1.165, 1.54) is 4.90 Å². The van der Waals surface area contributed by atoms with Crippen LogP contribution < -0.4 is 10.6 Å². The number of ether oxygens (including phenoxy) is 1. The molecular formula is C21H33N5O3. The van der Waals surface area contributed by atoms with Gasteiger partial charge >= 0.3 is 0 Å². The summed E-state index contributed by atoms with van der Waals surface area (Å²) in [6.07, 6.45) is 5.23. The predicted molar refractivity (Wildman–Crippen MR) is 110 cm³/mol. The van der Waals surface area contributed by atoms with Crippen LogP contribution >= 0.6 is 0 Å². The number of guanidine groups is 1. The number of rotatable bonds is 7. The molecule has 2 bridgehead atoms. The van der Waals surface area contributed by atoms with E-state index in [2.05, 4.69) is 34.6 Å². The quantitative estimate of drug-likeness (QED) is 0.271. The fraction of sp³-hybridized carbons (Fsp3) is 0.762. The number of amides is 2. The Morgan fingerprint density at radius 3 is 2.45 bits per heavy atom. The monoisotopic (exact) mass is 403 g/mol. The van der Waals surface area contributed by atoms with E-state index in [9.17, 15) is 9.59 Å². The summed E-state index contributed by atoms with van der Waals surface area (Å²) in [5, 5.41) is 6.53. The summed E-state index contributed by atoms with van der Waals surface area (Å²) in [4.78, 5) is 34.1. The van der Waals surface area contributed by atoms with Crippen LogP contribution in [-0.2, 0) is 14.3 Å². The zero-order chi connectivity index (χ0) is 20.4. The second kappa shape index (κ2) is 8.83. The van der Waals surface area contributed by atoms with Crippen LogP contribution in [0.4, 0.5) is 0 Å². The van der Waals surface area contributed by atoms with Crippen molar-refractivity contribution in [1.29, 1.82) is 0 Å². The van der Waals surface area contributed by atoms with Gasteiger partial charge in [-0.25, -0.2) is 0 Å². The van der Waals surface area contributed by atoms with Crippen LogP contribution in [0.2, 0.25) is 0 Å². The smallest absolute Gasteiger partial charge is 0.233 e. The maximum Gasteiger partial charge on any atom is 0.233 e. The Hall–Kier alpha value is -1.93. The van der Waals surface area contributed by atoms with Crippen LogP contribution in [0.1, 0.15) is 20.3 Å². The molecular weight excluding hydrogens is 370 g/mol. The van der Waals surface area contributed by atoms with E-state index in [0.717, 1.165) is 45.2 Å². The SMILES string of the molecule is CCNC(=NCC(C)N1CCOCC1)NCCN1C(=O)C2C3C=CC(C3)C2C1=O. The van der Waals surface area contributed by atoms with Gasteiger partial charge in [0.2, 0.25) is 11.8 Å². The maximum absolute atomic E-state index is 12.8. The lowest BCUT2D eigenvalue weighted by molar-refractivity contribution is -0.140. The highest BCUT2D eigenvalue weighted by molar-refractivity contribution is 6.06. The number of carbonyl (C=O) groups excluding carboxylic acids is 2. The minimum Gasteiger partial charge on any atom is -0.379 e. The molecule has 2 heterocycles. The first-order valence-electron chi connectivity index (χ1n) is 11.0. The minimum atomic E-state index is -0.117. The summed E-state index contributed by atoms with van der Waals surface area (Å²) in [7, 11) is 0. The predicted octanol–water partition coefficient (Wildman–Crippen LogP) is 0.0693. The van der Waals surface area contributed by atoms with Gasteiger partial charge in [-0.2, -0.15) is 0 Å². The molecule has 5 atom stereocenters. The van der Waals surface area contributed by atoms with Crippen molar-refractivity contribution >= 4 is 17.8 Å². The van der Waals surface area contributed by atoms with Gasteiger partial charge in [0, 0.05) is 38.8 Å². The Labute approximate surface area is 172 Å². The second-order valence-corrected chi connectivity index (χ2v) is 8.47. The average molecular weight is 404 g/mol. The van der Waals surface area contributed by atoms with Crippen molar-refractivity contribution in [2.45, 2.75) is 26.3 Å². The van der Waals surface area contributed by atoms with Crippen molar-refractivity contribution in [3.05, 3.63) is 12.2 Å². The highest BCUT2D eigenvalue weighted by Crippen LogP contribution is 2.52. The first-order valence-corrected chi connectivity index (χ1v) is 11.0. The first kappa shape index (κ1) is 20.3. The zero-order valence-electron chi connectivity index (χ0n) is 17.5. The Balaban J connectivity index is 1.27. The standard InChI is InChI=1S/C21H33N5O3/c1-3-22-21(24-13-14(2)25-8-10-29-11-9-25)23-6-7-26-19(27)17-15-4-5-16(12-15)18(17)20(26)28/h4-5,14-18H,3,6-13H2,1-2H3,(H2,22,23,24). The molecule has 29 heavy (non-hydrogen) atoms. The van der Waals surface area contributed by atoms with Gasteiger partial charge in [-0.05, 0) is 32.1 Å². The molecule has 0 aromatic carbocycles. The minimum absolute atomic E-state index is 0.0153. The topological polar surface area (TPSA) is 86.3 Å². The molecule has 2 N–H and O–H groups in total. The Bertz CT molecular complexity index is 658. The molecule has 160 valence electrons. The molecule has 3 fully saturated rings. The lowest BCUT2D eigenvalue weighted by Crippen LogP contribution is -2.46. The molecule has 2 aliphatic carbocycles. The maximum atomic E-state index is 12.8. The summed E-state index contributed by atoms with van der Waals surface area (Å²) < 4.78 is 5.41. The van der Waals surface area contributed by atoms with E-state index in [-0.39, 0.29) is 35.5 Å². The van der Waals surface area contributed by atoms with Crippen molar-refractivity contribution in [2.24, 2.45) is 28.7 Å². The van der Waals surface area contributed by atoms with E-state index in [1.54, 1.807) is 0 Å². The third kappa shape index (κ3) is 4.05. The Morgan fingerprint density at radius 1 is 1.17 bits per heavy atom. The van der Waals surface area contributed by atoms with Crippen molar-refractivity contribution in [2.75, 3.05) is 52.5 Å². The number of likely N-dealkylation sites (tertiary alicyclic amines) is 1. The van der Waals surface area contributed by atoms with Crippen LogP contribution in [0, 0.1) is 23.7 Å². The molecule has 4 aliphatic rings. The molecule has 0 aromatic heterocycles. The first-order chi connectivity index (χ1) is 14.1. The van der Waals surface area contributed by atoms with Gasteiger partial charge in [0.05, 0.1) is 31.6 Å². The molecule has 4 rings (SSSR count). The highest BCUT2D eigenvalue weighted by Gasteiger charge is 2.58. The number of carbonyl (C=O) groups is 2.